The fourth-order valence-corrected chi connectivity index (χ4v) is 3.74. The summed E-state index contributed by atoms with van der Waals surface area (Å²) in [5, 5.41) is 5.83. The van der Waals surface area contributed by atoms with Crippen LogP contribution in [0.25, 0.3) is 0 Å². The van der Waals surface area contributed by atoms with Gasteiger partial charge in [0.1, 0.15) is 0 Å². The van der Waals surface area contributed by atoms with E-state index in [9.17, 15) is 9.59 Å². The monoisotopic (exact) mass is 347 g/mol. The molecule has 2 aromatic heterocycles. The van der Waals surface area contributed by atoms with Gasteiger partial charge in [-0.1, -0.05) is 0 Å². The highest BCUT2D eigenvalue weighted by Gasteiger charge is 2.22. The number of nitrogens with two attached hydrogens (primary N) is 1. The van der Waals surface area contributed by atoms with E-state index in [1.165, 1.54) is 16.9 Å². The van der Waals surface area contributed by atoms with E-state index >= 15 is 0 Å². The molecule has 0 radical (unpaired) electrons. The number of hydrogen-bond donors (Lipinski definition) is 1. The Morgan fingerprint density at radius 2 is 2.12 bits per heavy atom. The molecule has 7 nitrogen and oxygen atoms in total. The number of rotatable bonds is 4. The molecular weight excluding hydrogens is 326 g/mol. The number of thiophene rings is 1. The van der Waals surface area contributed by atoms with Crippen LogP contribution in [0.4, 0.5) is 0 Å². The average molecular weight is 347 g/mol. The average Bonchev–Trinajstić information content (AvgIpc) is 3.12. The molecule has 3 rings (SSSR count). The van der Waals surface area contributed by atoms with Crippen LogP contribution in [0.15, 0.2) is 23.8 Å². The molecule has 0 spiro atoms. The van der Waals surface area contributed by atoms with Gasteiger partial charge in [-0.05, 0) is 12.5 Å². The fraction of sp³-hybridized carbons (Fsp3) is 0.438. The first kappa shape index (κ1) is 16.7. The van der Waals surface area contributed by atoms with Crippen molar-refractivity contribution in [1.82, 2.24) is 19.6 Å². The molecule has 0 unspecified atom stereocenters. The molecule has 0 aromatic carbocycles. The minimum Gasteiger partial charge on any atom is -0.366 e. The smallest absolute Gasteiger partial charge is 0.263 e. The van der Waals surface area contributed by atoms with E-state index in [2.05, 4.69) is 10.00 Å². The van der Waals surface area contributed by atoms with Crippen LogP contribution in [0, 0.1) is 0 Å². The fourth-order valence-electron chi connectivity index (χ4n) is 2.88. The SMILES string of the molecule is Cn1cc(CN2CCCN(C(=O)c3cc(C(N)=O)cs3)CC2)cn1. The number of carbonyl (C=O) groups is 2. The number of primary amides is 1. The second-order valence-electron chi connectivity index (χ2n) is 6.01. The lowest BCUT2D eigenvalue weighted by molar-refractivity contribution is 0.0766. The van der Waals surface area contributed by atoms with Crippen LogP contribution >= 0.6 is 11.3 Å². The molecule has 3 heterocycles. The molecule has 1 aliphatic rings. The van der Waals surface area contributed by atoms with E-state index < -0.39 is 5.91 Å². The van der Waals surface area contributed by atoms with E-state index in [-0.39, 0.29) is 5.91 Å². The highest BCUT2D eigenvalue weighted by Crippen LogP contribution is 2.18. The Hall–Kier alpha value is -2.19. The number of carbonyl (C=O) groups excluding carboxylic acids is 2. The van der Waals surface area contributed by atoms with Crippen molar-refractivity contribution in [2.24, 2.45) is 12.8 Å². The van der Waals surface area contributed by atoms with Crippen molar-refractivity contribution < 1.29 is 9.59 Å². The number of aromatic nitrogens is 2. The Morgan fingerprint density at radius 1 is 1.29 bits per heavy atom. The van der Waals surface area contributed by atoms with Gasteiger partial charge in [0.05, 0.1) is 16.6 Å². The first-order chi connectivity index (χ1) is 11.5. The first-order valence-electron chi connectivity index (χ1n) is 7.90. The van der Waals surface area contributed by atoms with Crippen LogP contribution in [0.3, 0.4) is 0 Å². The zero-order valence-corrected chi connectivity index (χ0v) is 14.5. The van der Waals surface area contributed by atoms with Gasteiger partial charge in [-0.2, -0.15) is 5.10 Å². The highest BCUT2D eigenvalue weighted by atomic mass is 32.1. The molecule has 0 atom stereocenters. The van der Waals surface area contributed by atoms with E-state index in [0.717, 1.165) is 32.6 Å². The van der Waals surface area contributed by atoms with Crippen molar-refractivity contribution in [1.29, 1.82) is 0 Å². The van der Waals surface area contributed by atoms with Gasteiger partial charge in [0.2, 0.25) is 5.91 Å². The van der Waals surface area contributed by atoms with Crippen LogP contribution in [0.2, 0.25) is 0 Å². The molecule has 1 saturated heterocycles. The second-order valence-corrected chi connectivity index (χ2v) is 6.92. The normalized spacial score (nSPS) is 16.1. The molecule has 128 valence electrons. The van der Waals surface area contributed by atoms with Crippen molar-refractivity contribution >= 4 is 23.2 Å². The maximum absolute atomic E-state index is 12.6. The van der Waals surface area contributed by atoms with Crippen molar-refractivity contribution in [3.8, 4) is 0 Å². The number of nitrogens with zero attached hydrogens (tertiary/aromatic N) is 4. The summed E-state index contributed by atoms with van der Waals surface area (Å²) in [6.45, 7) is 4.04. The predicted molar refractivity (Wildman–Crippen MR) is 91.8 cm³/mol. The summed E-state index contributed by atoms with van der Waals surface area (Å²) in [7, 11) is 1.91. The van der Waals surface area contributed by atoms with Crippen molar-refractivity contribution in [2.75, 3.05) is 26.2 Å². The summed E-state index contributed by atoms with van der Waals surface area (Å²) in [6, 6.07) is 1.59. The van der Waals surface area contributed by atoms with Gasteiger partial charge in [-0.3, -0.25) is 19.2 Å². The summed E-state index contributed by atoms with van der Waals surface area (Å²) in [4.78, 5) is 28.6. The lowest BCUT2D eigenvalue weighted by Gasteiger charge is -2.21. The molecule has 24 heavy (non-hydrogen) atoms. The third-order valence-electron chi connectivity index (χ3n) is 4.14. The number of aryl methyl sites for hydroxylation is 1. The lowest BCUT2D eigenvalue weighted by atomic mass is 10.3. The van der Waals surface area contributed by atoms with Crippen LogP contribution in [-0.2, 0) is 13.6 Å². The predicted octanol–water partition coefficient (Wildman–Crippen LogP) is 0.929. The van der Waals surface area contributed by atoms with Crippen LogP contribution < -0.4 is 5.73 Å². The Bertz CT molecular complexity index is 738. The maximum atomic E-state index is 12.6. The molecule has 8 heteroatoms. The summed E-state index contributed by atoms with van der Waals surface area (Å²) >= 11 is 1.28. The van der Waals surface area contributed by atoms with Crippen molar-refractivity contribution in [3.63, 3.8) is 0 Å². The lowest BCUT2D eigenvalue weighted by Crippen LogP contribution is -2.34. The Morgan fingerprint density at radius 3 is 2.79 bits per heavy atom. The molecule has 1 aliphatic heterocycles. The van der Waals surface area contributed by atoms with Crippen LogP contribution in [0.5, 0.6) is 0 Å². The number of hydrogen-bond acceptors (Lipinski definition) is 5. The van der Waals surface area contributed by atoms with Gasteiger partial charge < -0.3 is 10.6 Å². The van der Waals surface area contributed by atoms with E-state index in [4.69, 9.17) is 5.73 Å². The zero-order valence-electron chi connectivity index (χ0n) is 13.6. The minimum absolute atomic E-state index is 0.0178. The molecule has 1 fully saturated rings. The standard InChI is InChI=1S/C16H21N5O2S/c1-19-9-12(8-18-19)10-20-3-2-4-21(6-5-20)16(23)14-7-13(11-24-14)15(17)22/h7-9,11H,2-6,10H2,1H3,(H2,17,22). The topological polar surface area (TPSA) is 84.5 Å². The van der Waals surface area contributed by atoms with Crippen molar-refractivity contribution in [2.45, 2.75) is 13.0 Å². The third-order valence-corrected chi connectivity index (χ3v) is 5.05. The van der Waals surface area contributed by atoms with E-state index in [0.29, 0.717) is 17.0 Å². The largest absolute Gasteiger partial charge is 0.366 e. The van der Waals surface area contributed by atoms with Crippen LogP contribution in [0.1, 0.15) is 32.0 Å². The van der Waals surface area contributed by atoms with Gasteiger partial charge in [0.15, 0.2) is 0 Å². The highest BCUT2D eigenvalue weighted by molar-refractivity contribution is 7.12. The molecular formula is C16H21N5O2S. The quantitative estimate of drug-likeness (QED) is 0.892. The van der Waals surface area contributed by atoms with Gasteiger partial charge >= 0.3 is 0 Å². The van der Waals surface area contributed by atoms with Gasteiger partial charge in [0, 0.05) is 56.9 Å². The molecule has 2 N–H and O–H groups in total. The molecule has 2 aromatic rings. The minimum atomic E-state index is -0.496. The Labute approximate surface area is 144 Å². The Balaban J connectivity index is 1.60. The molecule has 0 aliphatic carbocycles. The summed E-state index contributed by atoms with van der Waals surface area (Å²) in [5.41, 5.74) is 6.83. The van der Waals surface area contributed by atoms with Crippen LogP contribution in [-0.4, -0.2) is 57.6 Å². The summed E-state index contributed by atoms with van der Waals surface area (Å²) < 4.78 is 1.80. The van der Waals surface area contributed by atoms with Gasteiger partial charge in [-0.25, -0.2) is 0 Å². The van der Waals surface area contributed by atoms with E-state index in [1.807, 2.05) is 24.3 Å². The third kappa shape index (κ3) is 3.82. The van der Waals surface area contributed by atoms with Gasteiger partial charge in [-0.15, -0.1) is 11.3 Å². The Kier molecular flexibility index (Phi) is 4.96. The second kappa shape index (κ2) is 7.14. The summed E-state index contributed by atoms with van der Waals surface area (Å²) in [6.07, 6.45) is 4.83. The zero-order chi connectivity index (χ0) is 17.1. The van der Waals surface area contributed by atoms with Crippen molar-refractivity contribution in [3.05, 3.63) is 39.8 Å². The maximum Gasteiger partial charge on any atom is 0.263 e. The van der Waals surface area contributed by atoms with Gasteiger partial charge in [0.25, 0.3) is 5.91 Å². The van der Waals surface area contributed by atoms with E-state index in [1.54, 1.807) is 16.1 Å². The molecule has 2 amide bonds. The molecule has 0 bridgehead atoms. The summed E-state index contributed by atoms with van der Waals surface area (Å²) in [5.74, 6) is -0.514. The first-order valence-corrected chi connectivity index (χ1v) is 8.78. The number of amides is 2. The molecule has 0 saturated carbocycles.